The molecule has 1 aromatic carbocycles. The lowest BCUT2D eigenvalue weighted by atomic mass is 10.0. The summed E-state index contributed by atoms with van der Waals surface area (Å²) in [6, 6.07) is 9.13. The van der Waals surface area contributed by atoms with Gasteiger partial charge in [-0.3, -0.25) is 13.9 Å². The number of benzene rings is 1. The van der Waals surface area contributed by atoms with Gasteiger partial charge in [-0.1, -0.05) is 13.8 Å². The fourth-order valence-electron chi connectivity index (χ4n) is 3.18. The molecule has 0 saturated heterocycles. The first-order valence-electron chi connectivity index (χ1n) is 8.47. The van der Waals surface area contributed by atoms with Crippen molar-refractivity contribution in [3.8, 4) is 0 Å². The van der Waals surface area contributed by atoms with Crippen molar-refractivity contribution in [2.75, 3.05) is 5.32 Å². The quantitative estimate of drug-likeness (QED) is 0.776. The van der Waals surface area contributed by atoms with Gasteiger partial charge in [-0.2, -0.15) is 0 Å². The minimum absolute atomic E-state index is 0.0508. The Hall–Kier alpha value is -2.76. The van der Waals surface area contributed by atoms with E-state index >= 15 is 0 Å². The smallest absolute Gasteiger partial charge is 0.328 e. The number of imidazole rings is 1. The summed E-state index contributed by atoms with van der Waals surface area (Å²) >= 11 is 0. The van der Waals surface area contributed by atoms with Crippen molar-refractivity contribution in [3.63, 3.8) is 0 Å². The number of nitrogens with one attached hydrogen (secondary N) is 1. The molecule has 1 amide bonds. The van der Waals surface area contributed by atoms with Crippen LogP contribution in [0.1, 0.15) is 26.3 Å². The molecule has 132 valence electrons. The molecule has 0 unspecified atom stereocenters. The van der Waals surface area contributed by atoms with Gasteiger partial charge in [0, 0.05) is 32.2 Å². The average molecular weight is 340 g/mol. The van der Waals surface area contributed by atoms with E-state index in [1.54, 1.807) is 23.2 Å². The van der Waals surface area contributed by atoms with E-state index in [0.717, 1.165) is 17.5 Å². The Morgan fingerprint density at radius 2 is 1.72 bits per heavy atom. The SMILES string of the molecule is CC(C)C[C@H](C(=O)Nc1ccc2c(c1)n(C)c(=O)n2C)n1cccc1. The Kier molecular flexibility index (Phi) is 4.53. The Balaban J connectivity index is 1.90. The van der Waals surface area contributed by atoms with Gasteiger partial charge in [0.2, 0.25) is 5.91 Å². The number of hydrogen-bond acceptors (Lipinski definition) is 2. The second-order valence-electron chi connectivity index (χ2n) is 6.87. The van der Waals surface area contributed by atoms with Crippen molar-refractivity contribution in [3.05, 3.63) is 53.2 Å². The minimum atomic E-state index is -0.259. The highest BCUT2D eigenvalue weighted by molar-refractivity contribution is 5.95. The number of amides is 1. The molecular formula is C19H24N4O2. The number of hydrogen-bond donors (Lipinski definition) is 1. The minimum Gasteiger partial charge on any atom is -0.342 e. The molecular weight excluding hydrogens is 316 g/mol. The van der Waals surface area contributed by atoms with E-state index in [2.05, 4.69) is 19.2 Å². The van der Waals surface area contributed by atoms with Crippen LogP contribution < -0.4 is 11.0 Å². The average Bonchev–Trinajstić information content (AvgIpc) is 3.17. The summed E-state index contributed by atoms with van der Waals surface area (Å²) < 4.78 is 5.12. The standard InChI is InChI=1S/C19H24N4O2/c1-13(2)11-17(23-9-5-6-10-23)18(24)20-14-7-8-15-16(12-14)22(4)19(25)21(15)3/h5-10,12-13,17H,11H2,1-4H3,(H,20,24)/t17-/m1/s1. The second kappa shape index (κ2) is 6.63. The van der Waals surface area contributed by atoms with E-state index in [1.807, 2.05) is 47.3 Å². The summed E-state index contributed by atoms with van der Waals surface area (Å²) in [5.41, 5.74) is 2.25. The molecule has 3 aromatic rings. The molecule has 2 aromatic heterocycles. The van der Waals surface area contributed by atoms with Crippen LogP contribution in [0.2, 0.25) is 0 Å². The van der Waals surface area contributed by atoms with Gasteiger partial charge in [-0.05, 0) is 42.7 Å². The summed E-state index contributed by atoms with van der Waals surface area (Å²) in [4.78, 5) is 24.9. The molecule has 2 heterocycles. The lowest BCUT2D eigenvalue weighted by molar-refractivity contribution is -0.119. The monoisotopic (exact) mass is 340 g/mol. The third kappa shape index (κ3) is 3.24. The number of carbonyl (C=O) groups is 1. The number of carbonyl (C=O) groups excluding carboxylic acids is 1. The lowest BCUT2D eigenvalue weighted by Gasteiger charge is -2.20. The summed E-state index contributed by atoms with van der Waals surface area (Å²) in [5, 5.41) is 3.00. The molecule has 6 nitrogen and oxygen atoms in total. The van der Waals surface area contributed by atoms with E-state index in [4.69, 9.17) is 0 Å². The van der Waals surface area contributed by atoms with Crippen LogP contribution in [0.3, 0.4) is 0 Å². The predicted octanol–water partition coefficient (Wildman–Crippen LogP) is 2.90. The molecule has 0 saturated carbocycles. The van der Waals surface area contributed by atoms with Gasteiger partial charge in [0.1, 0.15) is 6.04 Å². The Bertz CT molecular complexity index is 948. The van der Waals surface area contributed by atoms with Gasteiger partial charge in [-0.25, -0.2) is 4.79 Å². The molecule has 3 rings (SSSR count). The van der Waals surface area contributed by atoms with Crippen LogP contribution in [-0.4, -0.2) is 19.6 Å². The van der Waals surface area contributed by atoms with Crippen molar-refractivity contribution in [1.82, 2.24) is 13.7 Å². The Labute approximate surface area is 146 Å². The molecule has 0 aliphatic carbocycles. The molecule has 0 radical (unpaired) electrons. The zero-order valence-corrected chi connectivity index (χ0v) is 15.1. The highest BCUT2D eigenvalue weighted by atomic mass is 16.2. The first kappa shape index (κ1) is 17.1. The lowest BCUT2D eigenvalue weighted by Crippen LogP contribution is -2.26. The molecule has 0 bridgehead atoms. The maximum atomic E-state index is 12.8. The number of aromatic nitrogens is 3. The van der Waals surface area contributed by atoms with Crippen molar-refractivity contribution in [1.29, 1.82) is 0 Å². The van der Waals surface area contributed by atoms with E-state index in [-0.39, 0.29) is 17.6 Å². The number of anilines is 1. The first-order valence-corrected chi connectivity index (χ1v) is 8.47. The Morgan fingerprint density at radius 3 is 2.36 bits per heavy atom. The second-order valence-corrected chi connectivity index (χ2v) is 6.87. The fourth-order valence-corrected chi connectivity index (χ4v) is 3.18. The molecule has 6 heteroatoms. The number of aryl methyl sites for hydroxylation is 2. The van der Waals surface area contributed by atoms with Gasteiger partial charge >= 0.3 is 5.69 Å². The van der Waals surface area contributed by atoms with Crippen molar-refractivity contribution < 1.29 is 4.79 Å². The van der Waals surface area contributed by atoms with E-state index in [0.29, 0.717) is 11.6 Å². The van der Waals surface area contributed by atoms with E-state index in [1.165, 1.54) is 0 Å². The van der Waals surface area contributed by atoms with Gasteiger partial charge in [0.15, 0.2) is 0 Å². The maximum Gasteiger partial charge on any atom is 0.328 e. The van der Waals surface area contributed by atoms with Crippen LogP contribution >= 0.6 is 0 Å². The molecule has 0 aliphatic heterocycles. The molecule has 0 fully saturated rings. The van der Waals surface area contributed by atoms with Gasteiger partial charge in [0.05, 0.1) is 11.0 Å². The molecule has 1 N–H and O–H groups in total. The van der Waals surface area contributed by atoms with E-state index in [9.17, 15) is 9.59 Å². The predicted molar refractivity (Wildman–Crippen MR) is 99.7 cm³/mol. The zero-order chi connectivity index (χ0) is 18.1. The van der Waals surface area contributed by atoms with Crippen LogP contribution in [0, 0.1) is 5.92 Å². The molecule has 0 spiro atoms. The van der Waals surface area contributed by atoms with Crippen LogP contribution in [0.4, 0.5) is 5.69 Å². The van der Waals surface area contributed by atoms with Crippen molar-refractivity contribution in [2.24, 2.45) is 20.0 Å². The topological polar surface area (TPSA) is 61.0 Å². The zero-order valence-electron chi connectivity index (χ0n) is 15.1. The Morgan fingerprint density at radius 1 is 1.08 bits per heavy atom. The van der Waals surface area contributed by atoms with Crippen molar-refractivity contribution in [2.45, 2.75) is 26.3 Å². The molecule has 1 atom stereocenters. The first-order chi connectivity index (χ1) is 11.9. The fraction of sp³-hybridized carbons (Fsp3) is 0.368. The molecule has 25 heavy (non-hydrogen) atoms. The van der Waals surface area contributed by atoms with Gasteiger partial charge in [0.25, 0.3) is 0 Å². The van der Waals surface area contributed by atoms with Crippen LogP contribution in [0.25, 0.3) is 11.0 Å². The van der Waals surface area contributed by atoms with Crippen LogP contribution in [0.5, 0.6) is 0 Å². The summed E-state index contributed by atoms with van der Waals surface area (Å²) in [7, 11) is 3.48. The van der Waals surface area contributed by atoms with Gasteiger partial charge in [-0.15, -0.1) is 0 Å². The normalized spacial score (nSPS) is 12.7. The maximum absolute atomic E-state index is 12.8. The van der Waals surface area contributed by atoms with Crippen LogP contribution in [0.15, 0.2) is 47.5 Å². The third-order valence-electron chi connectivity index (χ3n) is 4.52. The van der Waals surface area contributed by atoms with Crippen LogP contribution in [-0.2, 0) is 18.9 Å². The van der Waals surface area contributed by atoms with Crippen molar-refractivity contribution >= 4 is 22.6 Å². The third-order valence-corrected chi connectivity index (χ3v) is 4.52. The molecule has 0 aliphatic rings. The summed E-state index contributed by atoms with van der Waals surface area (Å²) in [6.45, 7) is 4.21. The largest absolute Gasteiger partial charge is 0.342 e. The van der Waals surface area contributed by atoms with E-state index < -0.39 is 0 Å². The number of fused-ring (bicyclic) bond motifs is 1. The number of rotatable bonds is 5. The summed E-state index contributed by atoms with van der Waals surface area (Å²) in [5.74, 6) is 0.348. The highest BCUT2D eigenvalue weighted by Gasteiger charge is 2.21. The highest BCUT2D eigenvalue weighted by Crippen LogP contribution is 2.22. The number of nitrogens with zero attached hydrogens (tertiary/aromatic N) is 3. The summed E-state index contributed by atoms with van der Waals surface area (Å²) in [6.07, 6.45) is 4.58. The van der Waals surface area contributed by atoms with Gasteiger partial charge < -0.3 is 9.88 Å².